The minimum absolute atomic E-state index is 0.00436. The monoisotopic (exact) mass is 938 g/mol. The molecule has 2 fully saturated rings. The number of anilines is 2. The van der Waals surface area contributed by atoms with Crippen LogP contribution < -0.4 is 21.8 Å². The fourth-order valence-corrected chi connectivity index (χ4v) is 11.8. The van der Waals surface area contributed by atoms with Crippen LogP contribution in [0.2, 0.25) is 0 Å². The predicted octanol–water partition coefficient (Wildman–Crippen LogP) is 8.34. The highest BCUT2D eigenvalue weighted by Crippen LogP contribution is 2.50. The molecule has 2 amide bonds. The SMILES string of the molecule is C/C=C/c1ccc2n(c1=O)C[C@H]1[C@H](CO)[C@@H](C(=O)Nc3ccc(-c4ccccc4)cc3)N(CC)[C@@H]21.C/C=C\c1ccc2n(c1=O)C[C@H]1[C@H](CO)[C@@H](C(=O)Nc3ccc(-c4ccccc4)cc3)N(CC)[C@@H]21. The lowest BCUT2D eigenvalue weighted by Crippen LogP contribution is -2.45. The summed E-state index contributed by atoms with van der Waals surface area (Å²) in [4.78, 5) is 57.3. The van der Waals surface area contributed by atoms with E-state index < -0.39 is 12.1 Å². The molecular formula is C58H62N6O6. The van der Waals surface area contributed by atoms with E-state index >= 15 is 0 Å². The fourth-order valence-electron chi connectivity index (χ4n) is 11.8. The van der Waals surface area contributed by atoms with E-state index in [2.05, 4.69) is 44.7 Å². The molecule has 10 rings (SSSR count). The molecule has 360 valence electrons. The number of rotatable bonds is 12. The van der Waals surface area contributed by atoms with Crippen molar-refractivity contribution in [1.82, 2.24) is 18.9 Å². The molecule has 0 unspecified atom stereocenters. The zero-order chi connectivity index (χ0) is 49.1. The van der Waals surface area contributed by atoms with Crippen LogP contribution in [0.5, 0.6) is 0 Å². The number of pyridine rings is 2. The summed E-state index contributed by atoms with van der Waals surface area (Å²) in [5.74, 6) is -0.741. The van der Waals surface area contributed by atoms with Crippen LogP contribution in [0.25, 0.3) is 34.4 Å². The van der Waals surface area contributed by atoms with E-state index in [9.17, 15) is 29.4 Å². The number of aliphatic hydroxyl groups is 2. The molecule has 0 aliphatic carbocycles. The van der Waals surface area contributed by atoms with Crippen LogP contribution in [0, 0.1) is 23.7 Å². The minimum atomic E-state index is -0.465. The summed E-state index contributed by atoms with van der Waals surface area (Å²) >= 11 is 0. The van der Waals surface area contributed by atoms with Gasteiger partial charge in [-0.3, -0.25) is 29.0 Å². The first-order valence-electron chi connectivity index (χ1n) is 24.5. The molecule has 4 aliphatic rings. The number of hydrogen-bond acceptors (Lipinski definition) is 8. The van der Waals surface area contributed by atoms with Gasteiger partial charge in [0.15, 0.2) is 0 Å². The lowest BCUT2D eigenvalue weighted by Gasteiger charge is -2.29. The van der Waals surface area contributed by atoms with Crippen molar-refractivity contribution in [1.29, 1.82) is 0 Å². The number of likely N-dealkylation sites (N-methyl/N-ethyl adjacent to an activating group) is 2. The molecule has 6 heterocycles. The molecule has 0 spiro atoms. The zero-order valence-electron chi connectivity index (χ0n) is 40.2. The van der Waals surface area contributed by atoms with Gasteiger partial charge in [0, 0.05) is 83.9 Å². The van der Waals surface area contributed by atoms with E-state index in [1.807, 2.05) is 170 Å². The smallest absolute Gasteiger partial charge is 0.258 e. The number of fused-ring (bicyclic) bond motifs is 6. The van der Waals surface area contributed by atoms with Gasteiger partial charge < -0.3 is 30.0 Å². The fraction of sp³-hybridized carbons (Fsp3) is 0.310. The Kier molecular flexibility index (Phi) is 14.4. The maximum absolute atomic E-state index is 13.5. The van der Waals surface area contributed by atoms with Crippen molar-refractivity contribution >= 4 is 35.3 Å². The van der Waals surface area contributed by atoms with Crippen molar-refractivity contribution in [3.05, 3.63) is 189 Å². The van der Waals surface area contributed by atoms with Crippen LogP contribution >= 0.6 is 0 Å². The number of benzene rings is 4. The third kappa shape index (κ3) is 8.92. The summed E-state index contributed by atoms with van der Waals surface area (Å²) < 4.78 is 3.65. The quantitative estimate of drug-likeness (QED) is 0.0958. The lowest BCUT2D eigenvalue weighted by atomic mass is 9.88. The van der Waals surface area contributed by atoms with Gasteiger partial charge in [-0.15, -0.1) is 0 Å². The number of nitrogens with zero attached hydrogens (tertiary/aromatic N) is 4. The number of hydrogen-bond donors (Lipinski definition) is 4. The highest BCUT2D eigenvalue weighted by Gasteiger charge is 2.56. The first kappa shape index (κ1) is 48.1. The number of carbonyl (C=O) groups excluding carboxylic acids is 2. The third-order valence-corrected chi connectivity index (χ3v) is 14.9. The molecule has 0 saturated carbocycles. The summed E-state index contributed by atoms with van der Waals surface area (Å²) in [7, 11) is 0. The maximum Gasteiger partial charge on any atom is 0.258 e. The Balaban J connectivity index is 0.000000174. The highest BCUT2D eigenvalue weighted by molar-refractivity contribution is 5.96. The average Bonchev–Trinajstić information content (AvgIpc) is 4.14. The standard InChI is InChI=1S/2C29H31N3O3/c2*1-3-8-21-13-16-25-26-23(17-32(25)29(21)35)24(18-33)27(31(26)4-2)28(34)30-22-14-11-20(12-15-22)19-9-6-5-7-10-19/h2*3,5-16,23-24,26-27,33H,4,17-18H2,1-2H3,(H,30,34)/b8-3+;8-3-/t2*23-,24-,26+,27-/m00/s1. The van der Waals surface area contributed by atoms with Gasteiger partial charge in [0.2, 0.25) is 11.8 Å². The van der Waals surface area contributed by atoms with E-state index in [0.717, 1.165) is 45.0 Å². The summed E-state index contributed by atoms with van der Waals surface area (Å²) in [6.07, 6.45) is 7.37. The number of carbonyl (C=O) groups is 2. The molecule has 12 heteroatoms. The molecule has 4 N–H and O–H groups in total. The van der Waals surface area contributed by atoms with Crippen LogP contribution in [0.1, 0.15) is 62.3 Å². The van der Waals surface area contributed by atoms with Crippen molar-refractivity contribution in [2.45, 2.75) is 65.0 Å². The second-order valence-corrected chi connectivity index (χ2v) is 18.6. The van der Waals surface area contributed by atoms with Gasteiger partial charge in [-0.1, -0.05) is 123 Å². The summed E-state index contributed by atoms with van der Waals surface area (Å²) in [5, 5.41) is 26.9. The first-order chi connectivity index (χ1) is 34.1. The van der Waals surface area contributed by atoms with Crippen molar-refractivity contribution in [2.24, 2.45) is 23.7 Å². The van der Waals surface area contributed by atoms with E-state index in [1.165, 1.54) is 0 Å². The number of aliphatic hydroxyl groups excluding tert-OH is 2. The highest BCUT2D eigenvalue weighted by atomic mass is 16.3. The minimum Gasteiger partial charge on any atom is -0.396 e. The molecule has 4 aliphatic heterocycles. The summed E-state index contributed by atoms with van der Waals surface area (Å²) in [6, 6.07) is 42.5. The second-order valence-electron chi connectivity index (χ2n) is 18.6. The molecule has 2 saturated heterocycles. The summed E-state index contributed by atoms with van der Waals surface area (Å²) in [5.41, 5.74) is 9.02. The van der Waals surface area contributed by atoms with Gasteiger partial charge in [0.05, 0.1) is 24.2 Å². The number of aromatic nitrogens is 2. The molecule has 0 radical (unpaired) electrons. The Hall–Kier alpha value is -6.96. The zero-order valence-corrected chi connectivity index (χ0v) is 40.2. The Morgan fingerprint density at radius 2 is 0.886 bits per heavy atom. The topological polar surface area (TPSA) is 149 Å². The molecule has 70 heavy (non-hydrogen) atoms. The molecule has 12 nitrogen and oxygen atoms in total. The number of amides is 2. The number of allylic oxidation sites excluding steroid dienone is 2. The van der Waals surface area contributed by atoms with Crippen molar-refractivity contribution < 1.29 is 19.8 Å². The van der Waals surface area contributed by atoms with Gasteiger partial charge in [-0.2, -0.15) is 0 Å². The average molecular weight is 939 g/mol. The van der Waals surface area contributed by atoms with Crippen LogP contribution in [0.4, 0.5) is 11.4 Å². The van der Waals surface area contributed by atoms with Crippen LogP contribution in [0.15, 0.2) is 155 Å². The maximum atomic E-state index is 13.5. The van der Waals surface area contributed by atoms with E-state index in [0.29, 0.717) is 37.3 Å². The predicted molar refractivity (Wildman–Crippen MR) is 278 cm³/mol. The van der Waals surface area contributed by atoms with Crippen LogP contribution in [-0.2, 0) is 22.7 Å². The molecule has 2 aromatic heterocycles. The summed E-state index contributed by atoms with van der Waals surface area (Å²) in [6.45, 7) is 9.96. The van der Waals surface area contributed by atoms with Gasteiger partial charge >= 0.3 is 0 Å². The van der Waals surface area contributed by atoms with Crippen molar-refractivity contribution in [3.8, 4) is 22.3 Å². The number of nitrogens with one attached hydrogen (secondary N) is 2. The number of likely N-dealkylation sites (tertiary alicyclic amines) is 2. The van der Waals surface area contributed by atoms with Gasteiger partial charge in [-0.25, -0.2) is 0 Å². The molecule has 4 aromatic carbocycles. The van der Waals surface area contributed by atoms with Gasteiger partial charge in [0.25, 0.3) is 11.1 Å². The van der Waals surface area contributed by atoms with Crippen LogP contribution in [0.3, 0.4) is 0 Å². The molecule has 8 atom stereocenters. The van der Waals surface area contributed by atoms with Gasteiger partial charge in [0.1, 0.15) is 0 Å². The Morgan fingerprint density at radius 3 is 1.21 bits per heavy atom. The largest absolute Gasteiger partial charge is 0.396 e. The van der Waals surface area contributed by atoms with E-state index in [1.54, 1.807) is 0 Å². The Bertz CT molecular complexity index is 2800. The molecule has 0 bridgehead atoms. The molecule has 6 aromatic rings. The molecular weight excluding hydrogens is 877 g/mol. The Morgan fingerprint density at radius 1 is 0.529 bits per heavy atom. The first-order valence-corrected chi connectivity index (χ1v) is 24.5. The van der Waals surface area contributed by atoms with Gasteiger partial charge in [-0.05, 0) is 97.7 Å². The van der Waals surface area contributed by atoms with Crippen molar-refractivity contribution in [3.63, 3.8) is 0 Å². The van der Waals surface area contributed by atoms with Crippen LogP contribution in [-0.4, -0.2) is 79.3 Å². The Labute approximate surface area is 409 Å². The lowest BCUT2D eigenvalue weighted by molar-refractivity contribution is -0.123. The van der Waals surface area contributed by atoms with Crippen molar-refractivity contribution in [2.75, 3.05) is 36.9 Å². The third-order valence-electron chi connectivity index (χ3n) is 14.9. The van der Waals surface area contributed by atoms with E-state index in [4.69, 9.17) is 0 Å². The second kappa shape index (κ2) is 21.0. The van der Waals surface area contributed by atoms with E-state index in [-0.39, 0.29) is 71.9 Å². The normalized spacial score (nSPS) is 23.4.